The summed E-state index contributed by atoms with van der Waals surface area (Å²) in [5.41, 5.74) is 1.19. The Labute approximate surface area is 142 Å². The van der Waals surface area contributed by atoms with Crippen molar-refractivity contribution in [3.63, 3.8) is 0 Å². The minimum absolute atomic E-state index is 0.356. The summed E-state index contributed by atoms with van der Waals surface area (Å²) in [5.74, 6) is 0.669. The molecule has 2 rings (SSSR count). The molecule has 1 aromatic heterocycles. The molecule has 2 aromatic rings. The molecule has 0 bridgehead atoms. The van der Waals surface area contributed by atoms with E-state index in [1.54, 1.807) is 4.57 Å². The molecule has 0 spiro atoms. The van der Waals surface area contributed by atoms with E-state index in [1.165, 1.54) is 3.58 Å². The van der Waals surface area contributed by atoms with E-state index in [0.717, 1.165) is 11.0 Å². The maximum absolute atomic E-state index is 12.5. The molecule has 0 saturated carbocycles. The monoisotopic (exact) mass is 408 g/mol. The van der Waals surface area contributed by atoms with Crippen molar-refractivity contribution >= 4 is 41.8 Å². The molecule has 4 nitrogen and oxygen atoms in total. The molecule has 5 heteroatoms. The van der Waals surface area contributed by atoms with Crippen LogP contribution < -0.4 is 3.58 Å². The number of nitrogens with zero attached hydrogens (tertiary/aromatic N) is 2. The minimum atomic E-state index is -0.725. The number of aryl methyl sites for hydroxylation is 1. The van der Waals surface area contributed by atoms with Crippen LogP contribution in [0.2, 0.25) is 3.43 Å². The van der Waals surface area contributed by atoms with Crippen LogP contribution >= 0.6 is 0 Å². The number of benzene rings is 1. The Hall–Kier alpha value is -1.04. The SMILES string of the molecule is Cc1nc2cc[c]([Sn][C](C)(C)C)cc2n1C(=O)OC(C)(C)C. The number of carbonyl (C=O) groups is 1. The summed E-state index contributed by atoms with van der Waals surface area (Å²) in [6.07, 6.45) is -0.356. The Morgan fingerprint density at radius 3 is 2.36 bits per heavy atom. The zero-order valence-electron chi connectivity index (χ0n) is 14.4. The fourth-order valence-electron chi connectivity index (χ4n) is 2.24. The molecule has 0 atom stereocenters. The molecule has 1 aromatic carbocycles. The molecule has 0 aliphatic carbocycles. The molecule has 0 unspecified atom stereocenters. The molecule has 0 N–H and O–H groups in total. The van der Waals surface area contributed by atoms with E-state index in [2.05, 4.69) is 37.9 Å². The topological polar surface area (TPSA) is 44.1 Å². The number of fused-ring (bicyclic) bond motifs is 1. The van der Waals surface area contributed by atoms with Crippen LogP contribution in [0.15, 0.2) is 18.2 Å². The van der Waals surface area contributed by atoms with Gasteiger partial charge in [-0.3, -0.25) is 0 Å². The van der Waals surface area contributed by atoms with Crippen molar-refractivity contribution in [1.29, 1.82) is 0 Å². The normalized spacial score (nSPS) is 12.7. The van der Waals surface area contributed by atoms with Crippen LogP contribution in [0.1, 0.15) is 47.4 Å². The number of aromatic nitrogens is 2. The van der Waals surface area contributed by atoms with Gasteiger partial charge in [0.25, 0.3) is 0 Å². The van der Waals surface area contributed by atoms with Gasteiger partial charge in [0.2, 0.25) is 0 Å². The van der Waals surface area contributed by atoms with Gasteiger partial charge in [-0.05, 0) is 0 Å². The first kappa shape index (κ1) is 17.3. The molecule has 1 heterocycles. The van der Waals surface area contributed by atoms with E-state index in [0.29, 0.717) is 9.26 Å². The van der Waals surface area contributed by atoms with Gasteiger partial charge in [0, 0.05) is 0 Å². The summed E-state index contributed by atoms with van der Waals surface area (Å²) >= 11 is -0.725. The quantitative estimate of drug-likeness (QED) is 0.678. The second kappa shape index (κ2) is 5.87. The van der Waals surface area contributed by atoms with Gasteiger partial charge in [-0.25, -0.2) is 0 Å². The van der Waals surface area contributed by atoms with E-state index >= 15 is 0 Å². The second-order valence-electron chi connectivity index (χ2n) is 7.55. The van der Waals surface area contributed by atoms with Gasteiger partial charge in [-0.15, -0.1) is 0 Å². The molecule has 0 fully saturated rings. The first-order valence-corrected chi connectivity index (χ1v) is 10.3. The van der Waals surface area contributed by atoms with E-state index in [-0.39, 0.29) is 6.09 Å². The van der Waals surface area contributed by atoms with Crippen LogP contribution in [-0.2, 0) is 4.74 Å². The van der Waals surface area contributed by atoms with E-state index < -0.39 is 26.7 Å². The third kappa shape index (κ3) is 4.24. The van der Waals surface area contributed by atoms with Gasteiger partial charge in [0.1, 0.15) is 0 Å². The predicted octanol–water partition coefficient (Wildman–Crippen LogP) is 3.68. The fourth-order valence-corrected chi connectivity index (χ4v) is 5.79. The van der Waals surface area contributed by atoms with E-state index in [4.69, 9.17) is 4.74 Å². The van der Waals surface area contributed by atoms with Crippen molar-refractivity contribution in [2.45, 2.75) is 57.5 Å². The average Bonchev–Trinajstić information content (AvgIpc) is 2.59. The summed E-state index contributed by atoms with van der Waals surface area (Å²) in [6.45, 7) is 14.3. The number of imidazole rings is 1. The zero-order valence-corrected chi connectivity index (χ0v) is 17.3. The molecule has 0 aliphatic rings. The maximum atomic E-state index is 12.5. The molecule has 0 aliphatic heterocycles. The molecule has 0 amide bonds. The Kier molecular flexibility index (Phi) is 4.62. The van der Waals surface area contributed by atoms with Crippen molar-refractivity contribution < 1.29 is 9.53 Å². The molecule has 2 radical (unpaired) electrons. The fraction of sp³-hybridized carbons (Fsp3) is 0.529. The van der Waals surface area contributed by atoms with Crippen molar-refractivity contribution in [2.24, 2.45) is 0 Å². The number of hydrogen-bond acceptors (Lipinski definition) is 3. The first-order valence-electron chi connectivity index (χ1n) is 7.47. The Morgan fingerprint density at radius 1 is 1.18 bits per heavy atom. The number of rotatable bonds is 1. The standard InChI is InChI=1S/C13H15N2O2.C4H9.Sn/c1-9-14-10-7-5-6-8-11(10)15(9)12(16)17-13(2,3)4;1-4(2)3;/h5,7-8H,1-4H3;1-3H3;. The average molecular weight is 407 g/mol. The number of ether oxygens (including phenoxy) is 1. The van der Waals surface area contributed by atoms with Gasteiger partial charge in [-0.2, -0.15) is 0 Å². The predicted molar refractivity (Wildman–Crippen MR) is 91.2 cm³/mol. The number of hydrogen-bond donors (Lipinski definition) is 0. The molecule has 118 valence electrons. The van der Waals surface area contributed by atoms with E-state index in [9.17, 15) is 4.79 Å². The van der Waals surface area contributed by atoms with Gasteiger partial charge < -0.3 is 0 Å². The molecule has 0 saturated heterocycles. The summed E-state index contributed by atoms with van der Waals surface area (Å²) in [4.78, 5) is 17.0. The molecule has 22 heavy (non-hydrogen) atoms. The van der Waals surface area contributed by atoms with Crippen LogP contribution in [0.4, 0.5) is 4.79 Å². The van der Waals surface area contributed by atoms with Crippen LogP contribution in [0, 0.1) is 6.92 Å². The second-order valence-corrected chi connectivity index (χ2v) is 14.2. The van der Waals surface area contributed by atoms with Crippen LogP contribution in [0.3, 0.4) is 0 Å². The Morgan fingerprint density at radius 2 is 1.82 bits per heavy atom. The number of carbonyl (C=O) groups excluding carboxylic acids is 1. The van der Waals surface area contributed by atoms with Gasteiger partial charge in [0.05, 0.1) is 0 Å². The van der Waals surface area contributed by atoms with Crippen molar-refractivity contribution in [2.75, 3.05) is 0 Å². The summed E-state index contributed by atoms with van der Waals surface area (Å²) in [6, 6.07) is 6.30. The van der Waals surface area contributed by atoms with Crippen molar-refractivity contribution in [3.05, 3.63) is 24.0 Å². The van der Waals surface area contributed by atoms with Crippen LogP contribution in [-0.4, -0.2) is 42.4 Å². The van der Waals surface area contributed by atoms with Gasteiger partial charge in [0.15, 0.2) is 0 Å². The molecular formula is C17H24N2O2Sn. The van der Waals surface area contributed by atoms with Crippen molar-refractivity contribution in [3.8, 4) is 0 Å². The summed E-state index contributed by atoms with van der Waals surface area (Å²) < 4.78 is 8.83. The van der Waals surface area contributed by atoms with Crippen LogP contribution in [0.5, 0.6) is 0 Å². The van der Waals surface area contributed by atoms with Crippen molar-refractivity contribution in [1.82, 2.24) is 9.55 Å². The van der Waals surface area contributed by atoms with Gasteiger partial charge in [-0.1, -0.05) is 0 Å². The first-order chi connectivity index (χ1) is 9.96. The summed E-state index contributed by atoms with van der Waals surface area (Å²) in [7, 11) is 0. The summed E-state index contributed by atoms with van der Waals surface area (Å²) in [5, 5.41) is 0. The third-order valence-electron chi connectivity index (χ3n) is 2.92. The third-order valence-corrected chi connectivity index (χ3v) is 6.77. The van der Waals surface area contributed by atoms with E-state index in [1.807, 2.05) is 33.8 Å². The van der Waals surface area contributed by atoms with Crippen LogP contribution in [0.25, 0.3) is 11.0 Å². The van der Waals surface area contributed by atoms with Gasteiger partial charge >= 0.3 is 142 Å². The Bertz CT molecular complexity index is 706. The zero-order chi connectivity index (χ0) is 16.7. The Balaban J connectivity index is 2.47. The molecular weight excluding hydrogens is 383 g/mol.